The van der Waals surface area contributed by atoms with E-state index in [9.17, 15) is 0 Å². The van der Waals surface area contributed by atoms with Crippen LogP contribution in [0, 0.1) is 0 Å². The van der Waals surface area contributed by atoms with Gasteiger partial charge in [-0.05, 0) is 0 Å². The predicted molar refractivity (Wildman–Crippen MR) is 51.6 cm³/mol. The van der Waals surface area contributed by atoms with E-state index >= 15 is 0 Å². The van der Waals surface area contributed by atoms with Gasteiger partial charge in [-0.3, -0.25) is 0 Å². The molecule has 0 aromatic carbocycles. The third kappa shape index (κ3) is 1.98. The van der Waals surface area contributed by atoms with Gasteiger partial charge in [-0.1, -0.05) is 0 Å². The second kappa shape index (κ2) is 3.60. The summed E-state index contributed by atoms with van der Waals surface area (Å²) in [5.41, 5.74) is 1.60. The topological polar surface area (TPSA) is 0 Å². The van der Waals surface area contributed by atoms with E-state index in [-0.39, 0.29) is 0 Å². The molecule has 0 saturated heterocycles. The van der Waals surface area contributed by atoms with Crippen LogP contribution in [0.25, 0.3) is 0 Å². The van der Waals surface area contributed by atoms with Gasteiger partial charge in [0.1, 0.15) is 0 Å². The van der Waals surface area contributed by atoms with E-state index in [1.54, 1.807) is 10.0 Å². The van der Waals surface area contributed by atoms with E-state index in [1.807, 2.05) is 0 Å². The first-order valence-electron chi connectivity index (χ1n) is 4.20. The van der Waals surface area contributed by atoms with Crippen molar-refractivity contribution in [3.05, 3.63) is 21.0 Å². The molecule has 1 aromatic heterocycles. The summed E-state index contributed by atoms with van der Waals surface area (Å²) >= 11 is 0.660. The Bertz CT molecular complexity index is 198. The van der Waals surface area contributed by atoms with Crippen molar-refractivity contribution in [2.45, 2.75) is 39.5 Å². The molecule has 0 N–H and O–H groups in total. The molecule has 1 heteroatoms. The molecule has 0 atom stereocenters. The maximum atomic E-state index is 2.34. The van der Waals surface area contributed by atoms with E-state index in [0.29, 0.717) is 20.4 Å². The summed E-state index contributed by atoms with van der Waals surface area (Å²) in [6, 6.07) is 2.32. The molecule has 1 heterocycles. The molecule has 0 bridgehead atoms. The molecule has 0 saturated carbocycles. The van der Waals surface area contributed by atoms with Gasteiger partial charge in [-0.2, -0.15) is 0 Å². The number of hydrogen-bond donors (Lipinski definition) is 0. The standard InChI is InChI=1S/C10H16Se/c1-7(2)9-5-6-11-10(9)8(3)4/h5-8H,1-4H3. The Balaban J connectivity index is 2.96. The second-order valence-corrected chi connectivity index (χ2v) is 5.54. The fourth-order valence-corrected chi connectivity index (χ4v) is 3.53. The molecular weight excluding hydrogens is 199 g/mol. The predicted octanol–water partition coefficient (Wildman–Crippen LogP) is 2.99. The van der Waals surface area contributed by atoms with Crippen molar-refractivity contribution in [3.63, 3.8) is 0 Å². The van der Waals surface area contributed by atoms with E-state index in [2.05, 4.69) is 38.7 Å². The summed E-state index contributed by atoms with van der Waals surface area (Å²) in [4.78, 5) is 2.34. The Morgan fingerprint density at radius 2 is 1.73 bits per heavy atom. The molecule has 0 nitrogen and oxygen atoms in total. The van der Waals surface area contributed by atoms with Crippen LogP contribution >= 0.6 is 0 Å². The van der Waals surface area contributed by atoms with Crippen molar-refractivity contribution in [2.24, 2.45) is 0 Å². The van der Waals surface area contributed by atoms with Gasteiger partial charge in [0.05, 0.1) is 0 Å². The van der Waals surface area contributed by atoms with Gasteiger partial charge in [0, 0.05) is 0 Å². The van der Waals surface area contributed by atoms with Crippen LogP contribution in [-0.4, -0.2) is 14.5 Å². The quantitative estimate of drug-likeness (QED) is 0.665. The molecule has 1 rings (SSSR count). The first-order valence-corrected chi connectivity index (χ1v) is 6.04. The van der Waals surface area contributed by atoms with Crippen molar-refractivity contribution < 1.29 is 0 Å². The SMILES string of the molecule is CC(C)c1cc[se]c1C(C)C. The van der Waals surface area contributed by atoms with Crippen LogP contribution in [0.2, 0.25) is 0 Å². The molecule has 0 unspecified atom stereocenters. The first kappa shape index (κ1) is 9.09. The van der Waals surface area contributed by atoms with Gasteiger partial charge in [0.25, 0.3) is 0 Å². The van der Waals surface area contributed by atoms with Crippen LogP contribution in [-0.2, 0) is 0 Å². The Morgan fingerprint density at radius 3 is 2.09 bits per heavy atom. The molecule has 0 aliphatic heterocycles. The Morgan fingerprint density at radius 1 is 1.09 bits per heavy atom. The zero-order valence-corrected chi connectivity index (χ0v) is 9.43. The summed E-state index contributed by atoms with van der Waals surface area (Å²) in [5, 5.41) is 0. The van der Waals surface area contributed by atoms with Gasteiger partial charge in [0.2, 0.25) is 0 Å². The van der Waals surface area contributed by atoms with Crippen molar-refractivity contribution in [1.82, 2.24) is 0 Å². The summed E-state index contributed by atoms with van der Waals surface area (Å²) in [7, 11) is 0. The molecule has 0 aliphatic carbocycles. The Kier molecular flexibility index (Phi) is 2.97. The van der Waals surface area contributed by atoms with Crippen molar-refractivity contribution in [1.29, 1.82) is 0 Å². The summed E-state index contributed by atoms with van der Waals surface area (Å²) < 4.78 is 1.70. The van der Waals surface area contributed by atoms with Crippen molar-refractivity contribution in [3.8, 4) is 0 Å². The van der Waals surface area contributed by atoms with Gasteiger partial charge >= 0.3 is 75.0 Å². The van der Waals surface area contributed by atoms with E-state index in [1.165, 1.54) is 0 Å². The normalized spacial score (nSPS) is 11.5. The van der Waals surface area contributed by atoms with Crippen LogP contribution in [0.5, 0.6) is 0 Å². The molecule has 0 amide bonds. The molecule has 62 valence electrons. The van der Waals surface area contributed by atoms with Crippen LogP contribution < -0.4 is 0 Å². The zero-order valence-electron chi connectivity index (χ0n) is 7.72. The third-order valence-electron chi connectivity index (χ3n) is 1.87. The molecule has 0 aliphatic rings. The van der Waals surface area contributed by atoms with E-state index < -0.39 is 0 Å². The van der Waals surface area contributed by atoms with Crippen LogP contribution in [0.3, 0.4) is 0 Å². The third-order valence-corrected chi connectivity index (χ3v) is 4.46. The Labute approximate surface area is 75.4 Å². The van der Waals surface area contributed by atoms with Gasteiger partial charge < -0.3 is 0 Å². The number of hydrogen-bond acceptors (Lipinski definition) is 0. The van der Waals surface area contributed by atoms with Crippen molar-refractivity contribution >= 4 is 14.5 Å². The summed E-state index contributed by atoms with van der Waals surface area (Å²) in [6.45, 7) is 9.16. The Hall–Kier alpha value is -0.000519. The van der Waals surface area contributed by atoms with E-state index in [4.69, 9.17) is 0 Å². The number of rotatable bonds is 2. The zero-order chi connectivity index (χ0) is 8.43. The van der Waals surface area contributed by atoms with Crippen LogP contribution in [0.1, 0.15) is 49.5 Å². The fourth-order valence-electron chi connectivity index (χ4n) is 1.28. The minimum atomic E-state index is 0.660. The average Bonchev–Trinajstić information content (AvgIpc) is 2.32. The van der Waals surface area contributed by atoms with Gasteiger partial charge in [-0.25, -0.2) is 0 Å². The monoisotopic (exact) mass is 216 g/mol. The van der Waals surface area contributed by atoms with E-state index in [0.717, 1.165) is 5.92 Å². The maximum absolute atomic E-state index is 2.34. The molecular formula is C10H16Se. The molecule has 0 fully saturated rings. The first-order chi connectivity index (χ1) is 5.13. The molecule has 0 radical (unpaired) electrons. The molecule has 11 heavy (non-hydrogen) atoms. The van der Waals surface area contributed by atoms with Gasteiger partial charge in [-0.15, -0.1) is 0 Å². The molecule has 1 aromatic rings. The summed E-state index contributed by atoms with van der Waals surface area (Å²) in [5.74, 6) is 1.47. The second-order valence-electron chi connectivity index (χ2n) is 3.55. The average molecular weight is 215 g/mol. The summed E-state index contributed by atoms with van der Waals surface area (Å²) in [6.07, 6.45) is 0. The molecule has 0 spiro atoms. The van der Waals surface area contributed by atoms with Crippen LogP contribution in [0.4, 0.5) is 0 Å². The van der Waals surface area contributed by atoms with Crippen LogP contribution in [0.15, 0.2) is 11.0 Å². The minimum absolute atomic E-state index is 0.660. The van der Waals surface area contributed by atoms with Gasteiger partial charge in [0.15, 0.2) is 0 Å². The van der Waals surface area contributed by atoms with Crippen molar-refractivity contribution in [2.75, 3.05) is 0 Å². The fraction of sp³-hybridized carbons (Fsp3) is 0.600.